The molecule has 19 heavy (non-hydrogen) atoms. The van der Waals surface area contributed by atoms with Crippen molar-refractivity contribution < 1.29 is 9.53 Å². The van der Waals surface area contributed by atoms with Crippen LogP contribution in [0.3, 0.4) is 0 Å². The summed E-state index contributed by atoms with van der Waals surface area (Å²) in [7, 11) is 0. The first-order chi connectivity index (χ1) is 9.02. The molecule has 5 heteroatoms. The van der Waals surface area contributed by atoms with Gasteiger partial charge in [-0.2, -0.15) is 0 Å². The fourth-order valence-electron chi connectivity index (χ4n) is 2.18. The normalized spacial score (nSPS) is 18.2. The van der Waals surface area contributed by atoms with Gasteiger partial charge in [0.25, 0.3) is 5.91 Å². The number of rotatable bonds is 3. The minimum Gasteiger partial charge on any atom is -0.372 e. The van der Waals surface area contributed by atoms with Crippen molar-refractivity contribution in [3.8, 4) is 0 Å². The van der Waals surface area contributed by atoms with Gasteiger partial charge in [-0.15, -0.1) is 0 Å². The lowest BCUT2D eigenvalue weighted by molar-refractivity contribution is -0.0764. The first-order valence-corrected chi connectivity index (χ1v) is 6.65. The van der Waals surface area contributed by atoms with E-state index in [0.29, 0.717) is 25.3 Å². The second-order valence-corrected chi connectivity index (χ2v) is 5.30. The van der Waals surface area contributed by atoms with Crippen LogP contribution >= 0.6 is 0 Å². The van der Waals surface area contributed by atoms with Crippen molar-refractivity contribution in [2.75, 3.05) is 31.6 Å². The zero-order valence-electron chi connectivity index (χ0n) is 11.8. The lowest BCUT2D eigenvalue weighted by atomic mass is 10.1. The van der Waals surface area contributed by atoms with Crippen molar-refractivity contribution in [3.63, 3.8) is 0 Å². The Kier molecular flexibility index (Phi) is 4.04. The number of nitrogens with one attached hydrogen (secondary N) is 1. The maximum Gasteiger partial charge on any atom is 0.255 e. The van der Waals surface area contributed by atoms with Gasteiger partial charge >= 0.3 is 0 Å². The van der Waals surface area contributed by atoms with Crippen LogP contribution in [0.5, 0.6) is 0 Å². The molecule has 1 fully saturated rings. The molecule has 0 atom stereocenters. The van der Waals surface area contributed by atoms with Crippen molar-refractivity contribution in [3.05, 3.63) is 23.9 Å². The topological polar surface area (TPSA) is 54.5 Å². The second-order valence-electron chi connectivity index (χ2n) is 5.30. The van der Waals surface area contributed by atoms with Gasteiger partial charge in [0.1, 0.15) is 5.82 Å². The van der Waals surface area contributed by atoms with Crippen LogP contribution < -0.4 is 5.32 Å². The van der Waals surface area contributed by atoms with Crippen LogP contribution in [0.1, 0.15) is 31.1 Å². The molecule has 1 saturated heterocycles. The average molecular weight is 263 g/mol. The highest BCUT2D eigenvalue weighted by Crippen LogP contribution is 2.18. The number of aromatic nitrogens is 1. The third-order valence-corrected chi connectivity index (χ3v) is 3.08. The lowest BCUT2D eigenvalue weighted by Gasteiger charge is -2.38. The van der Waals surface area contributed by atoms with E-state index in [0.717, 1.165) is 12.4 Å². The number of morpholine rings is 1. The van der Waals surface area contributed by atoms with Gasteiger partial charge in [-0.05, 0) is 32.9 Å². The van der Waals surface area contributed by atoms with Gasteiger partial charge in [0.15, 0.2) is 0 Å². The zero-order valence-corrected chi connectivity index (χ0v) is 11.8. The predicted molar refractivity (Wildman–Crippen MR) is 74.3 cm³/mol. The summed E-state index contributed by atoms with van der Waals surface area (Å²) in [6.45, 7) is 8.66. The van der Waals surface area contributed by atoms with Crippen LogP contribution in [0.2, 0.25) is 0 Å². The number of nitrogens with zero attached hydrogens (tertiary/aromatic N) is 2. The van der Waals surface area contributed by atoms with E-state index in [1.165, 1.54) is 0 Å². The molecule has 0 spiro atoms. The van der Waals surface area contributed by atoms with E-state index in [1.54, 1.807) is 6.20 Å². The van der Waals surface area contributed by atoms with Crippen LogP contribution in [0.15, 0.2) is 18.3 Å². The molecule has 1 aromatic rings. The maximum absolute atomic E-state index is 12.4. The molecule has 0 aromatic carbocycles. The second kappa shape index (κ2) is 5.57. The quantitative estimate of drug-likeness (QED) is 0.903. The summed E-state index contributed by atoms with van der Waals surface area (Å²) < 4.78 is 5.61. The third-order valence-electron chi connectivity index (χ3n) is 3.08. The van der Waals surface area contributed by atoms with E-state index in [1.807, 2.05) is 37.8 Å². The van der Waals surface area contributed by atoms with E-state index in [2.05, 4.69) is 10.3 Å². The summed E-state index contributed by atoms with van der Waals surface area (Å²) in [4.78, 5) is 18.4. The van der Waals surface area contributed by atoms with Crippen molar-refractivity contribution in [1.29, 1.82) is 0 Å². The van der Waals surface area contributed by atoms with Crippen LogP contribution in [-0.2, 0) is 4.74 Å². The van der Waals surface area contributed by atoms with Crippen LogP contribution in [0.25, 0.3) is 0 Å². The third kappa shape index (κ3) is 3.44. The molecule has 1 aromatic heterocycles. The summed E-state index contributed by atoms with van der Waals surface area (Å²) in [5.41, 5.74) is 0.352. The summed E-state index contributed by atoms with van der Waals surface area (Å²) in [5, 5.41) is 3.11. The molecule has 0 saturated carbocycles. The minimum atomic E-state index is -0.273. The molecule has 0 unspecified atom stereocenters. The molecular formula is C14H21N3O2. The van der Waals surface area contributed by atoms with Gasteiger partial charge in [-0.3, -0.25) is 4.79 Å². The Balaban J connectivity index is 2.06. The number of anilines is 1. The molecule has 0 aliphatic carbocycles. The fourth-order valence-corrected chi connectivity index (χ4v) is 2.18. The van der Waals surface area contributed by atoms with Crippen molar-refractivity contribution in [2.45, 2.75) is 26.4 Å². The molecule has 0 bridgehead atoms. The Morgan fingerprint density at radius 3 is 2.89 bits per heavy atom. The van der Waals surface area contributed by atoms with Gasteiger partial charge in [0.2, 0.25) is 0 Å². The largest absolute Gasteiger partial charge is 0.372 e. The Hall–Kier alpha value is -1.62. The molecule has 1 amide bonds. The molecule has 1 aliphatic heterocycles. The number of ether oxygens (including phenoxy) is 1. The van der Waals surface area contributed by atoms with E-state index in [4.69, 9.17) is 4.74 Å². The average Bonchev–Trinajstić information content (AvgIpc) is 2.38. The Bertz CT molecular complexity index is 443. The van der Waals surface area contributed by atoms with E-state index in [9.17, 15) is 4.79 Å². The minimum absolute atomic E-state index is 0.0203. The standard InChI is InChI=1S/C14H21N3O2/c1-4-15-12-6-5-11(9-16-12)13(18)17-7-8-19-14(2,3)10-17/h5-6,9H,4,7-8,10H2,1-3H3,(H,15,16). The SMILES string of the molecule is CCNc1ccc(C(=O)N2CCOC(C)(C)C2)cn1. The highest BCUT2D eigenvalue weighted by Gasteiger charge is 2.30. The summed E-state index contributed by atoms with van der Waals surface area (Å²) >= 11 is 0. The summed E-state index contributed by atoms with van der Waals surface area (Å²) in [6, 6.07) is 3.65. The molecular weight excluding hydrogens is 242 g/mol. The van der Waals surface area contributed by atoms with E-state index < -0.39 is 0 Å². The molecule has 5 nitrogen and oxygen atoms in total. The molecule has 0 radical (unpaired) electrons. The number of hydrogen-bond donors (Lipinski definition) is 1. The molecule has 2 rings (SSSR count). The maximum atomic E-state index is 12.4. The number of hydrogen-bond acceptors (Lipinski definition) is 4. The van der Waals surface area contributed by atoms with Gasteiger partial charge in [0.05, 0.1) is 17.8 Å². The van der Waals surface area contributed by atoms with Crippen molar-refractivity contribution in [2.24, 2.45) is 0 Å². The van der Waals surface area contributed by atoms with Crippen molar-refractivity contribution in [1.82, 2.24) is 9.88 Å². The Labute approximate surface area is 114 Å². The van der Waals surface area contributed by atoms with Crippen molar-refractivity contribution >= 4 is 11.7 Å². The number of carbonyl (C=O) groups is 1. The van der Waals surface area contributed by atoms with E-state index >= 15 is 0 Å². The van der Waals surface area contributed by atoms with Crippen LogP contribution in [-0.4, -0.2) is 47.6 Å². The highest BCUT2D eigenvalue weighted by atomic mass is 16.5. The molecule has 1 aliphatic rings. The summed E-state index contributed by atoms with van der Waals surface area (Å²) in [5.74, 6) is 0.813. The lowest BCUT2D eigenvalue weighted by Crippen LogP contribution is -2.50. The number of pyridine rings is 1. The van der Waals surface area contributed by atoms with Crippen LogP contribution in [0, 0.1) is 0 Å². The van der Waals surface area contributed by atoms with Gasteiger partial charge < -0.3 is 15.0 Å². The van der Waals surface area contributed by atoms with Gasteiger partial charge in [-0.1, -0.05) is 0 Å². The first-order valence-electron chi connectivity index (χ1n) is 6.65. The molecule has 1 N–H and O–H groups in total. The number of amides is 1. The highest BCUT2D eigenvalue weighted by molar-refractivity contribution is 5.94. The smallest absolute Gasteiger partial charge is 0.255 e. The van der Waals surface area contributed by atoms with Crippen LogP contribution in [0.4, 0.5) is 5.82 Å². The van der Waals surface area contributed by atoms with Gasteiger partial charge in [-0.25, -0.2) is 4.98 Å². The summed E-state index contributed by atoms with van der Waals surface area (Å²) in [6.07, 6.45) is 1.63. The number of carbonyl (C=O) groups excluding carboxylic acids is 1. The predicted octanol–water partition coefficient (Wildman–Crippen LogP) is 1.76. The molecule has 2 heterocycles. The first kappa shape index (κ1) is 13.8. The Morgan fingerprint density at radius 2 is 2.32 bits per heavy atom. The van der Waals surface area contributed by atoms with Gasteiger partial charge in [0, 0.05) is 25.8 Å². The monoisotopic (exact) mass is 263 g/mol. The van der Waals surface area contributed by atoms with E-state index in [-0.39, 0.29) is 11.5 Å². The fraction of sp³-hybridized carbons (Fsp3) is 0.571. The Morgan fingerprint density at radius 1 is 1.53 bits per heavy atom. The molecule has 104 valence electrons. The zero-order chi connectivity index (χ0) is 13.9.